The van der Waals surface area contributed by atoms with E-state index in [0.717, 1.165) is 0 Å². The third-order valence-corrected chi connectivity index (χ3v) is 0. The summed E-state index contributed by atoms with van der Waals surface area (Å²) in [7, 11) is 0. The van der Waals surface area contributed by atoms with E-state index in [2.05, 4.69) is 0 Å². The van der Waals surface area contributed by atoms with Crippen molar-refractivity contribution in [1.29, 1.82) is 0 Å². The second-order valence-corrected chi connectivity index (χ2v) is 0. The van der Waals surface area contributed by atoms with Crippen LogP contribution in [0.5, 0.6) is 0 Å². The van der Waals surface area contributed by atoms with Gasteiger partial charge in [0.05, 0.1) is 0 Å². The predicted molar refractivity (Wildman–Crippen MR) is 61.7 cm³/mol. The van der Waals surface area contributed by atoms with Gasteiger partial charge in [0.25, 0.3) is 0 Å². The zero-order valence-electron chi connectivity index (χ0n) is 2.13. The Kier molecular flexibility index (Phi) is 166. The largest absolute Gasteiger partial charge is 0.107 e. The van der Waals surface area contributed by atoms with Crippen LogP contribution in [-0.2, 0) is 0 Å². The van der Waals surface area contributed by atoms with Crippen LogP contribution in [0.4, 0.5) is 0 Å². The first-order valence-corrected chi connectivity index (χ1v) is 0. The summed E-state index contributed by atoms with van der Waals surface area (Å²) in [5.74, 6) is 0. The van der Waals surface area contributed by atoms with Crippen molar-refractivity contribution in [2.75, 3.05) is 0 Å². The van der Waals surface area contributed by atoms with Gasteiger partial charge < -0.3 is 0 Å². The fraction of sp³-hybridized carbons (Fsp3) is 0. The van der Waals surface area contributed by atoms with Crippen LogP contribution in [0.3, 0.4) is 0 Å². The summed E-state index contributed by atoms with van der Waals surface area (Å²) < 4.78 is 0. The molecule has 0 fully saturated rings. The topological polar surface area (TPSA) is 0 Å². The molecule has 0 bridgehead atoms. The molecule has 0 rings (SSSR count). The molecule has 0 heterocycles. The Morgan fingerprint density at radius 1 is 0.400 bits per heavy atom. The molecule has 0 aromatic heterocycles. The maximum absolute atomic E-state index is 0. The third kappa shape index (κ3) is 17.8. The number of hydrogen-bond donors (Lipinski definition) is 0. The Bertz CT molecular complexity index is 3.61. The van der Waals surface area contributed by atoms with Gasteiger partial charge in [-0.05, 0) is 0 Å². The van der Waals surface area contributed by atoms with Gasteiger partial charge in [-0.15, -0.1) is 95.9 Å². The van der Waals surface area contributed by atoms with E-state index in [0.29, 0.717) is 0 Å². The summed E-state index contributed by atoms with van der Waals surface area (Å²) >= 11 is 0. The first-order valence-electron chi connectivity index (χ1n) is 0. The molecule has 0 spiro atoms. The van der Waals surface area contributed by atoms with Gasteiger partial charge in [0, 0.05) is 41.7 Å². The Hall–Kier alpha value is 4.30. The first-order chi connectivity index (χ1) is 0. The Balaban J connectivity index is 0. The number of rotatable bonds is 0. The van der Waals surface area contributed by atoms with Gasteiger partial charge in [-0.2, -0.15) is 0 Å². The van der Waals surface area contributed by atoms with E-state index < -0.39 is 0 Å². The molecule has 0 nitrogen and oxygen atoms in total. The molecule has 0 atom stereocenters. The first kappa shape index (κ1) is 34.7. The van der Waals surface area contributed by atoms with Crippen LogP contribution in [0.15, 0.2) is 0 Å². The van der Waals surface area contributed by atoms with E-state index in [-0.39, 0.29) is 138 Å². The summed E-state index contributed by atoms with van der Waals surface area (Å²) in [5.41, 5.74) is 0. The second kappa shape index (κ2) is 23.9. The second-order valence-electron chi connectivity index (χ2n) is 0. The molecular formula is H4CeI4. The van der Waals surface area contributed by atoms with E-state index >= 15 is 0 Å². The van der Waals surface area contributed by atoms with E-state index in [9.17, 15) is 0 Å². The molecule has 0 N–H and O–H groups in total. The van der Waals surface area contributed by atoms with E-state index in [1.54, 1.807) is 0 Å². The summed E-state index contributed by atoms with van der Waals surface area (Å²) in [5, 5.41) is 0. The zero-order valence-corrected chi connectivity index (χ0v) is 14.6. The minimum Gasteiger partial charge on any atom is -0.107 e. The van der Waals surface area contributed by atoms with Crippen LogP contribution in [0, 0.1) is 41.7 Å². The van der Waals surface area contributed by atoms with Crippen LogP contribution in [0.25, 0.3) is 0 Å². The fourth-order valence-corrected chi connectivity index (χ4v) is 0. The van der Waals surface area contributed by atoms with Gasteiger partial charge >= 0.3 is 0 Å². The quantitative estimate of drug-likeness (QED) is 0.354. The molecule has 5 heteroatoms. The predicted octanol–water partition coefficient (Wildman–Crippen LogP) is 2.47. The summed E-state index contributed by atoms with van der Waals surface area (Å²) in [6.45, 7) is 0. The van der Waals surface area contributed by atoms with E-state index in [1.807, 2.05) is 0 Å². The fourth-order valence-electron chi connectivity index (χ4n) is 0. The van der Waals surface area contributed by atoms with Gasteiger partial charge in [-0.3, -0.25) is 0 Å². The van der Waals surface area contributed by atoms with Gasteiger partial charge in [0.2, 0.25) is 0 Å². The van der Waals surface area contributed by atoms with E-state index in [1.165, 1.54) is 0 Å². The minimum atomic E-state index is 0. The molecule has 0 aromatic rings. The van der Waals surface area contributed by atoms with Crippen LogP contribution < -0.4 is 0 Å². The van der Waals surface area contributed by atoms with Crippen LogP contribution in [-0.4, -0.2) is 0 Å². The van der Waals surface area contributed by atoms with E-state index in [4.69, 9.17) is 0 Å². The molecule has 0 saturated carbocycles. The number of hydrogen-bond acceptors (Lipinski definition) is 0. The molecule has 0 aliphatic heterocycles. The minimum absolute atomic E-state index is 0. The molecule has 36 valence electrons. The monoisotopic (exact) mass is 652 g/mol. The van der Waals surface area contributed by atoms with Crippen molar-refractivity contribution >= 4 is 95.9 Å². The van der Waals surface area contributed by atoms with Crippen molar-refractivity contribution in [3.63, 3.8) is 0 Å². The molecule has 0 saturated heterocycles. The van der Waals surface area contributed by atoms with Gasteiger partial charge in [-0.25, -0.2) is 0 Å². The van der Waals surface area contributed by atoms with Crippen molar-refractivity contribution in [3.05, 3.63) is 0 Å². The van der Waals surface area contributed by atoms with Gasteiger partial charge in [-0.1, -0.05) is 0 Å². The normalized spacial score (nSPS) is 0. The zero-order chi connectivity index (χ0) is 0. The van der Waals surface area contributed by atoms with Gasteiger partial charge in [0.15, 0.2) is 0 Å². The molecule has 0 radical (unpaired) electrons. The molecule has 0 amide bonds. The Morgan fingerprint density at radius 3 is 0.400 bits per heavy atom. The third-order valence-electron chi connectivity index (χ3n) is 0. The van der Waals surface area contributed by atoms with Crippen LogP contribution >= 0.6 is 95.9 Å². The maximum Gasteiger partial charge on any atom is 0 e. The van der Waals surface area contributed by atoms with Crippen molar-refractivity contribution in [3.8, 4) is 0 Å². The van der Waals surface area contributed by atoms with Crippen molar-refractivity contribution in [2.45, 2.75) is 0 Å². The average molecular weight is 652 g/mol. The summed E-state index contributed by atoms with van der Waals surface area (Å²) in [6.07, 6.45) is 0. The van der Waals surface area contributed by atoms with Gasteiger partial charge in [0.1, 0.15) is 0 Å². The van der Waals surface area contributed by atoms with Crippen molar-refractivity contribution in [2.24, 2.45) is 0 Å². The maximum atomic E-state index is 0. The molecule has 0 unspecified atom stereocenters. The SMILES string of the molecule is I.I.I.I.[Ce]. The molecule has 5 heavy (non-hydrogen) atoms. The average Bonchev–Trinajstić information content (AvgIpc) is 0. The Labute approximate surface area is 134 Å². The Morgan fingerprint density at radius 2 is 0.400 bits per heavy atom. The molecular weight excluding hydrogens is 648 g/mol. The number of halogens is 4. The van der Waals surface area contributed by atoms with Crippen molar-refractivity contribution in [1.82, 2.24) is 0 Å². The molecule has 0 aliphatic rings. The van der Waals surface area contributed by atoms with Crippen LogP contribution in [0.2, 0.25) is 0 Å². The summed E-state index contributed by atoms with van der Waals surface area (Å²) in [6, 6.07) is 0. The van der Waals surface area contributed by atoms with Crippen LogP contribution in [0.1, 0.15) is 0 Å². The standard InChI is InChI=1S/Ce.4HI/h;4*1H. The molecule has 0 aliphatic carbocycles. The smallest absolute Gasteiger partial charge is 0 e. The molecule has 0 aromatic carbocycles. The summed E-state index contributed by atoms with van der Waals surface area (Å²) in [4.78, 5) is 0. The van der Waals surface area contributed by atoms with Crippen molar-refractivity contribution < 1.29 is 41.7 Å².